The van der Waals surface area contributed by atoms with Gasteiger partial charge in [-0.3, -0.25) is 9.69 Å². The number of nitrogens with zero attached hydrogens (tertiary/aromatic N) is 2. The van der Waals surface area contributed by atoms with Gasteiger partial charge in [-0.05, 0) is 19.9 Å². The third-order valence-corrected chi connectivity index (χ3v) is 4.49. The highest BCUT2D eigenvalue weighted by atomic mass is 16.5. The van der Waals surface area contributed by atoms with E-state index in [0.29, 0.717) is 13.2 Å². The van der Waals surface area contributed by atoms with Crippen LogP contribution in [-0.2, 0) is 9.53 Å². The number of para-hydroxylation sites is 1. The van der Waals surface area contributed by atoms with Crippen molar-refractivity contribution in [2.45, 2.75) is 19.9 Å². The maximum Gasteiger partial charge on any atom is 0.319 e. The van der Waals surface area contributed by atoms with Crippen molar-refractivity contribution in [1.29, 1.82) is 0 Å². The molecular weight excluding hydrogens is 322 g/mol. The first-order valence-corrected chi connectivity index (χ1v) is 8.31. The Labute approximate surface area is 146 Å². The number of fused-ring (bicyclic) bond motifs is 1. The Balaban J connectivity index is 1.66. The molecule has 1 saturated heterocycles. The second-order valence-corrected chi connectivity index (χ2v) is 6.25. The minimum atomic E-state index is -0.289. The number of carbonyl (C=O) groups is 2. The van der Waals surface area contributed by atoms with Gasteiger partial charge >= 0.3 is 6.03 Å². The van der Waals surface area contributed by atoms with Gasteiger partial charge in [0.2, 0.25) is 5.91 Å². The number of amides is 3. The average Bonchev–Trinajstić information content (AvgIpc) is 3.14. The van der Waals surface area contributed by atoms with Crippen molar-refractivity contribution in [2.24, 2.45) is 0 Å². The number of methoxy groups -OCH3 is 1. The summed E-state index contributed by atoms with van der Waals surface area (Å²) in [4.78, 5) is 27.5. The number of hydrogen-bond acceptors (Lipinski definition) is 4. The first-order chi connectivity index (χ1) is 12.0. The normalized spacial score (nSPS) is 15.9. The standard InChI is InChI=1S/C18H23N3O4/c1-12-14-6-4-5-7-15(14)25-17(12)13(2)19-18(23)21-10-16(22)20(11-21)8-9-24-3/h4-7,13H,8-11H2,1-3H3,(H,19,23)/t13-/m0/s1. The predicted octanol–water partition coefficient (Wildman–Crippen LogP) is 2.26. The topological polar surface area (TPSA) is 75.0 Å². The zero-order chi connectivity index (χ0) is 18.0. The second kappa shape index (κ2) is 7.14. The molecule has 0 unspecified atom stereocenters. The quantitative estimate of drug-likeness (QED) is 0.902. The summed E-state index contributed by atoms with van der Waals surface area (Å²) in [6, 6.07) is 7.22. The van der Waals surface area contributed by atoms with Crippen LogP contribution in [0.1, 0.15) is 24.3 Å². The van der Waals surface area contributed by atoms with Crippen LogP contribution in [0.4, 0.5) is 4.79 Å². The summed E-state index contributed by atoms with van der Waals surface area (Å²) in [5.41, 5.74) is 1.82. The lowest BCUT2D eigenvalue weighted by atomic mass is 10.1. The van der Waals surface area contributed by atoms with Crippen molar-refractivity contribution in [2.75, 3.05) is 33.5 Å². The molecule has 1 aromatic carbocycles. The second-order valence-electron chi connectivity index (χ2n) is 6.25. The summed E-state index contributed by atoms with van der Waals surface area (Å²) in [6.07, 6.45) is 0. The average molecular weight is 345 g/mol. The van der Waals surface area contributed by atoms with Crippen LogP contribution in [0.15, 0.2) is 28.7 Å². The van der Waals surface area contributed by atoms with Gasteiger partial charge in [0.1, 0.15) is 17.9 Å². The molecule has 1 N–H and O–H groups in total. The van der Waals surface area contributed by atoms with E-state index in [4.69, 9.17) is 9.15 Å². The Hall–Kier alpha value is -2.54. The van der Waals surface area contributed by atoms with Crippen molar-refractivity contribution in [3.63, 3.8) is 0 Å². The van der Waals surface area contributed by atoms with Crippen molar-refractivity contribution >= 4 is 22.9 Å². The monoisotopic (exact) mass is 345 g/mol. The van der Waals surface area contributed by atoms with E-state index in [1.54, 1.807) is 12.0 Å². The van der Waals surface area contributed by atoms with Crippen LogP contribution in [-0.4, -0.2) is 55.2 Å². The van der Waals surface area contributed by atoms with Crippen LogP contribution in [0.2, 0.25) is 0 Å². The first-order valence-electron chi connectivity index (χ1n) is 8.31. The molecule has 2 aromatic rings. The molecule has 7 nitrogen and oxygen atoms in total. The minimum absolute atomic E-state index is 0.0697. The maximum atomic E-state index is 12.5. The Morgan fingerprint density at radius 2 is 2.16 bits per heavy atom. The molecule has 7 heteroatoms. The number of aryl methyl sites for hydroxylation is 1. The largest absolute Gasteiger partial charge is 0.459 e. The molecule has 134 valence electrons. The zero-order valence-corrected chi connectivity index (χ0v) is 14.7. The highest BCUT2D eigenvalue weighted by molar-refractivity contribution is 5.87. The van der Waals surface area contributed by atoms with Crippen LogP contribution >= 0.6 is 0 Å². The predicted molar refractivity (Wildman–Crippen MR) is 93.1 cm³/mol. The summed E-state index contributed by atoms with van der Waals surface area (Å²) in [6.45, 7) is 5.16. The lowest BCUT2D eigenvalue weighted by Gasteiger charge is -2.20. The molecule has 0 aliphatic carbocycles. The summed E-state index contributed by atoms with van der Waals surface area (Å²) >= 11 is 0. The smallest absolute Gasteiger partial charge is 0.319 e. The molecule has 0 radical (unpaired) electrons. The van der Waals surface area contributed by atoms with Gasteiger partial charge in [-0.2, -0.15) is 0 Å². The molecule has 1 aliphatic rings. The van der Waals surface area contributed by atoms with Crippen LogP contribution < -0.4 is 5.32 Å². The summed E-state index contributed by atoms with van der Waals surface area (Å²) in [5.74, 6) is 0.663. The Kier molecular flexibility index (Phi) is 4.94. The molecular formula is C18H23N3O4. The number of furan rings is 1. The number of carbonyl (C=O) groups excluding carboxylic acids is 2. The zero-order valence-electron chi connectivity index (χ0n) is 14.7. The SMILES string of the molecule is COCCN1CN(C(=O)N[C@@H](C)c2oc3ccccc3c2C)CC1=O. The van der Waals surface area contributed by atoms with Gasteiger partial charge in [0.25, 0.3) is 0 Å². The highest BCUT2D eigenvalue weighted by Gasteiger charge is 2.31. The molecule has 0 bridgehead atoms. The third kappa shape index (κ3) is 3.46. The summed E-state index contributed by atoms with van der Waals surface area (Å²) < 4.78 is 10.9. The lowest BCUT2D eigenvalue weighted by molar-refractivity contribution is -0.127. The Morgan fingerprint density at radius 3 is 2.88 bits per heavy atom. The van der Waals surface area contributed by atoms with Crippen molar-refractivity contribution in [3.8, 4) is 0 Å². The van der Waals surface area contributed by atoms with E-state index < -0.39 is 0 Å². The van der Waals surface area contributed by atoms with Crippen molar-refractivity contribution in [3.05, 3.63) is 35.6 Å². The number of benzene rings is 1. The third-order valence-electron chi connectivity index (χ3n) is 4.49. The summed E-state index contributed by atoms with van der Waals surface area (Å²) in [5, 5.41) is 3.96. The first kappa shape index (κ1) is 17.3. The van der Waals surface area contributed by atoms with Crippen LogP contribution in [0, 0.1) is 6.92 Å². The van der Waals surface area contributed by atoms with E-state index >= 15 is 0 Å². The lowest BCUT2D eigenvalue weighted by Crippen LogP contribution is -2.41. The van der Waals surface area contributed by atoms with Crippen LogP contribution in [0.3, 0.4) is 0 Å². The maximum absolute atomic E-state index is 12.5. The van der Waals surface area contributed by atoms with Gasteiger partial charge in [0.05, 0.1) is 19.3 Å². The van der Waals surface area contributed by atoms with Crippen molar-refractivity contribution in [1.82, 2.24) is 15.1 Å². The van der Waals surface area contributed by atoms with Gasteiger partial charge in [-0.25, -0.2) is 4.79 Å². The molecule has 0 spiro atoms. The van der Waals surface area contributed by atoms with Crippen molar-refractivity contribution < 1.29 is 18.7 Å². The van der Waals surface area contributed by atoms with Gasteiger partial charge in [-0.15, -0.1) is 0 Å². The van der Waals surface area contributed by atoms with E-state index in [1.165, 1.54) is 4.90 Å². The fourth-order valence-corrected chi connectivity index (χ4v) is 3.08. The molecule has 1 aromatic heterocycles. The number of urea groups is 1. The Morgan fingerprint density at radius 1 is 1.40 bits per heavy atom. The molecule has 0 saturated carbocycles. The van der Waals surface area contributed by atoms with Crippen LogP contribution in [0.25, 0.3) is 11.0 Å². The van der Waals surface area contributed by atoms with Crippen LogP contribution in [0.5, 0.6) is 0 Å². The molecule has 1 aliphatic heterocycles. The number of ether oxygens (including phenoxy) is 1. The fraction of sp³-hybridized carbons (Fsp3) is 0.444. The number of rotatable bonds is 5. The van der Waals surface area contributed by atoms with Gasteiger partial charge in [-0.1, -0.05) is 18.2 Å². The van der Waals surface area contributed by atoms with E-state index in [0.717, 1.165) is 22.3 Å². The highest BCUT2D eigenvalue weighted by Crippen LogP contribution is 2.29. The fourth-order valence-electron chi connectivity index (χ4n) is 3.08. The van der Waals surface area contributed by atoms with Gasteiger partial charge < -0.3 is 19.4 Å². The molecule has 3 amide bonds. The molecule has 1 atom stereocenters. The van der Waals surface area contributed by atoms with E-state index in [2.05, 4.69) is 5.32 Å². The van der Waals surface area contributed by atoms with Gasteiger partial charge in [0, 0.05) is 24.6 Å². The van der Waals surface area contributed by atoms with E-state index in [9.17, 15) is 9.59 Å². The van der Waals surface area contributed by atoms with E-state index in [1.807, 2.05) is 38.1 Å². The van der Waals surface area contributed by atoms with E-state index in [-0.39, 0.29) is 31.2 Å². The molecule has 1 fully saturated rings. The summed E-state index contributed by atoms with van der Waals surface area (Å²) in [7, 11) is 1.59. The minimum Gasteiger partial charge on any atom is -0.459 e. The molecule has 25 heavy (non-hydrogen) atoms. The molecule has 3 rings (SSSR count). The van der Waals surface area contributed by atoms with Gasteiger partial charge in [0.15, 0.2) is 0 Å². The Bertz CT molecular complexity index is 786. The number of nitrogens with one attached hydrogen (secondary N) is 1. The molecule has 2 heterocycles. The number of hydrogen-bond donors (Lipinski definition) is 1.